The van der Waals surface area contributed by atoms with Crippen molar-refractivity contribution in [3.05, 3.63) is 0 Å². The SMILES string of the molecule is CC(C)(C)[C@H]1OCC[C@@H]1C(=O)NN. The Labute approximate surface area is 78.8 Å². The van der Waals surface area contributed by atoms with Crippen molar-refractivity contribution >= 4 is 5.91 Å². The van der Waals surface area contributed by atoms with Crippen LogP contribution in [0.15, 0.2) is 0 Å². The van der Waals surface area contributed by atoms with Crippen LogP contribution in [0.2, 0.25) is 0 Å². The summed E-state index contributed by atoms with van der Waals surface area (Å²) in [7, 11) is 0. The highest BCUT2D eigenvalue weighted by Crippen LogP contribution is 2.34. The summed E-state index contributed by atoms with van der Waals surface area (Å²) in [6.45, 7) is 6.86. The van der Waals surface area contributed by atoms with Crippen molar-refractivity contribution in [3.8, 4) is 0 Å². The second-order valence-corrected chi connectivity index (χ2v) is 4.56. The molecule has 76 valence electrons. The Hall–Kier alpha value is -0.610. The zero-order chi connectivity index (χ0) is 10.1. The molecule has 1 rings (SSSR count). The second kappa shape index (κ2) is 3.64. The van der Waals surface area contributed by atoms with Crippen LogP contribution in [0.25, 0.3) is 0 Å². The molecule has 3 N–H and O–H groups in total. The Morgan fingerprint density at radius 2 is 2.15 bits per heavy atom. The normalized spacial score (nSPS) is 28.9. The molecule has 0 aromatic carbocycles. The average Bonchev–Trinajstić information content (AvgIpc) is 2.49. The average molecular weight is 186 g/mol. The first-order chi connectivity index (χ1) is 5.96. The number of ether oxygens (including phenoxy) is 1. The summed E-state index contributed by atoms with van der Waals surface area (Å²) >= 11 is 0. The molecule has 13 heavy (non-hydrogen) atoms. The monoisotopic (exact) mass is 186 g/mol. The van der Waals surface area contributed by atoms with Crippen molar-refractivity contribution in [3.63, 3.8) is 0 Å². The number of nitrogens with two attached hydrogens (primary N) is 1. The highest BCUT2D eigenvalue weighted by Gasteiger charge is 2.40. The standard InChI is InChI=1S/C9H18N2O2/c1-9(2,3)7-6(4-5-13-7)8(12)11-10/h6-7H,4-5,10H2,1-3H3,(H,11,12)/t6-,7-/m0/s1. The number of rotatable bonds is 1. The maximum Gasteiger partial charge on any atom is 0.239 e. The molecular formula is C9H18N2O2. The van der Waals surface area contributed by atoms with E-state index in [2.05, 4.69) is 26.2 Å². The molecule has 0 unspecified atom stereocenters. The van der Waals surface area contributed by atoms with Gasteiger partial charge in [0.2, 0.25) is 5.91 Å². The molecule has 1 aliphatic heterocycles. The number of carbonyl (C=O) groups excluding carboxylic acids is 1. The Kier molecular flexibility index (Phi) is 2.93. The van der Waals surface area contributed by atoms with E-state index in [4.69, 9.17) is 10.6 Å². The first-order valence-electron chi connectivity index (χ1n) is 4.59. The lowest BCUT2D eigenvalue weighted by molar-refractivity contribution is -0.129. The van der Waals surface area contributed by atoms with E-state index in [0.29, 0.717) is 6.61 Å². The molecule has 0 aromatic rings. The Balaban J connectivity index is 2.70. The number of hydrogen-bond acceptors (Lipinski definition) is 3. The van der Waals surface area contributed by atoms with Crippen LogP contribution in [0.5, 0.6) is 0 Å². The molecule has 0 aromatic heterocycles. The smallest absolute Gasteiger partial charge is 0.239 e. The van der Waals surface area contributed by atoms with E-state index in [1.54, 1.807) is 0 Å². The minimum atomic E-state index is -0.113. The van der Waals surface area contributed by atoms with E-state index in [1.165, 1.54) is 0 Å². The van der Waals surface area contributed by atoms with Gasteiger partial charge in [-0.1, -0.05) is 20.8 Å². The molecule has 1 heterocycles. The number of hydrogen-bond donors (Lipinski definition) is 2. The fraction of sp³-hybridized carbons (Fsp3) is 0.889. The third-order valence-electron chi connectivity index (χ3n) is 2.42. The summed E-state index contributed by atoms with van der Waals surface area (Å²) < 4.78 is 5.54. The first-order valence-corrected chi connectivity index (χ1v) is 4.59. The van der Waals surface area contributed by atoms with Gasteiger partial charge in [0.15, 0.2) is 0 Å². The van der Waals surface area contributed by atoms with Crippen molar-refractivity contribution in [2.75, 3.05) is 6.61 Å². The van der Waals surface area contributed by atoms with Crippen molar-refractivity contribution in [2.45, 2.75) is 33.3 Å². The molecule has 2 atom stereocenters. The third-order valence-corrected chi connectivity index (χ3v) is 2.42. The summed E-state index contributed by atoms with van der Waals surface area (Å²) in [6, 6.07) is 0. The van der Waals surface area contributed by atoms with Gasteiger partial charge in [-0.2, -0.15) is 0 Å². The summed E-state index contributed by atoms with van der Waals surface area (Å²) in [5.41, 5.74) is 2.18. The molecule has 0 radical (unpaired) electrons. The molecule has 0 spiro atoms. The third kappa shape index (κ3) is 2.19. The number of nitrogens with one attached hydrogen (secondary N) is 1. The van der Waals surface area contributed by atoms with Crippen molar-refractivity contribution in [1.29, 1.82) is 0 Å². The van der Waals surface area contributed by atoms with Gasteiger partial charge in [-0.05, 0) is 11.8 Å². The minimum Gasteiger partial charge on any atom is -0.377 e. The van der Waals surface area contributed by atoms with E-state index in [-0.39, 0.29) is 23.3 Å². The van der Waals surface area contributed by atoms with Gasteiger partial charge in [-0.15, -0.1) is 0 Å². The summed E-state index contributed by atoms with van der Waals surface area (Å²) in [5.74, 6) is 4.90. The second-order valence-electron chi connectivity index (χ2n) is 4.56. The van der Waals surface area contributed by atoms with Crippen molar-refractivity contribution in [1.82, 2.24) is 5.43 Å². The highest BCUT2D eigenvalue weighted by atomic mass is 16.5. The van der Waals surface area contributed by atoms with Crippen LogP contribution in [0, 0.1) is 11.3 Å². The van der Waals surface area contributed by atoms with E-state index < -0.39 is 0 Å². The maximum absolute atomic E-state index is 11.4. The zero-order valence-electron chi connectivity index (χ0n) is 8.46. The van der Waals surface area contributed by atoms with Gasteiger partial charge in [-0.3, -0.25) is 10.2 Å². The molecule has 1 amide bonds. The molecule has 1 fully saturated rings. The highest BCUT2D eigenvalue weighted by molar-refractivity contribution is 5.79. The van der Waals surface area contributed by atoms with Crippen LogP contribution in [-0.4, -0.2) is 18.6 Å². The molecular weight excluding hydrogens is 168 g/mol. The van der Waals surface area contributed by atoms with Gasteiger partial charge in [0.1, 0.15) is 0 Å². The molecule has 1 saturated heterocycles. The van der Waals surface area contributed by atoms with Gasteiger partial charge in [0, 0.05) is 6.61 Å². The Bertz CT molecular complexity index is 198. The van der Waals surface area contributed by atoms with Gasteiger partial charge < -0.3 is 4.74 Å². The van der Waals surface area contributed by atoms with Crippen LogP contribution in [0.1, 0.15) is 27.2 Å². The van der Waals surface area contributed by atoms with Gasteiger partial charge in [0.05, 0.1) is 12.0 Å². The number of amides is 1. The first kappa shape index (κ1) is 10.5. The van der Waals surface area contributed by atoms with Crippen LogP contribution < -0.4 is 11.3 Å². The van der Waals surface area contributed by atoms with E-state index in [9.17, 15) is 4.79 Å². The predicted octanol–water partition coefficient (Wildman–Crippen LogP) is 0.427. The molecule has 4 nitrogen and oxygen atoms in total. The Morgan fingerprint density at radius 1 is 1.54 bits per heavy atom. The van der Waals surface area contributed by atoms with E-state index in [0.717, 1.165) is 6.42 Å². The predicted molar refractivity (Wildman–Crippen MR) is 49.6 cm³/mol. The molecule has 0 bridgehead atoms. The molecule has 0 aliphatic carbocycles. The fourth-order valence-electron chi connectivity index (χ4n) is 1.82. The summed E-state index contributed by atoms with van der Waals surface area (Å²) in [5, 5.41) is 0. The quantitative estimate of drug-likeness (QED) is 0.354. The summed E-state index contributed by atoms with van der Waals surface area (Å²) in [4.78, 5) is 11.4. The fourth-order valence-corrected chi connectivity index (χ4v) is 1.82. The van der Waals surface area contributed by atoms with Gasteiger partial charge in [-0.25, -0.2) is 5.84 Å². The lowest BCUT2D eigenvalue weighted by atomic mass is 9.81. The molecule has 4 heteroatoms. The largest absolute Gasteiger partial charge is 0.377 e. The van der Waals surface area contributed by atoms with Crippen LogP contribution in [0.4, 0.5) is 0 Å². The van der Waals surface area contributed by atoms with Crippen LogP contribution in [0.3, 0.4) is 0 Å². The topological polar surface area (TPSA) is 64.3 Å². The lowest BCUT2D eigenvalue weighted by Crippen LogP contribution is -2.43. The number of carbonyl (C=O) groups is 1. The van der Waals surface area contributed by atoms with Crippen LogP contribution >= 0.6 is 0 Å². The maximum atomic E-state index is 11.4. The molecule has 1 aliphatic rings. The van der Waals surface area contributed by atoms with Gasteiger partial charge >= 0.3 is 0 Å². The minimum absolute atomic E-state index is 0.00627. The van der Waals surface area contributed by atoms with E-state index >= 15 is 0 Å². The zero-order valence-corrected chi connectivity index (χ0v) is 8.46. The van der Waals surface area contributed by atoms with E-state index in [1.807, 2.05) is 0 Å². The molecule has 0 saturated carbocycles. The number of hydrazine groups is 1. The lowest BCUT2D eigenvalue weighted by Gasteiger charge is -2.29. The van der Waals surface area contributed by atoms with Crippen molar-refractivity contribution < 1.29 is 9.53 Å². The van der Waals surface area contributed by atoms with Crippen LogP contribution in [-0.2, 0) is 9.53 Å². The van der Waals surface area contributed by atoms with Crippen molar-refractivity contribution in [2.24, 2.45) is 17.2 Å². The van der Waals surface area contributed by atoms with Gasteiger partial charge in [0.25, 0.3) is 0 Å². The summed E-state index contributed by atoms with van der Waals surface area (Å²) in [6.07, 6.45) is 0.751. The Morgan fingerprint density at radius 3 is 2.62 bits per heavy atom.